The van der Waals surface area contributed by atoms with Crippen molar-refractivity contribution in [2.75, 3.05) is 0 Å². The molecule has 5 heteroatoms. The number of rotatable bonds is 4. The molecule has 0 heterocycles. The van der Waals surface area contributed by atoms with Gasteiger partial charge in [-0.15, -0.1) is 6.58 Å². The number of allylic oxidation sites excluding steroid dienone is 1. The van der Waals surface area contributed by atoms with Crippen LogP contribution in [0.15, 0.2) is 49.1 Å². The quantitative estimate of drug-likeness (QED) is 0.320. The molecular formula is C26H25F2NO2. The molecule has 2 saturated carbocycles. The Morgan fingerprint density at radius 2 is 1.68 bits per heavy atom. The minimum Gasteiger partial charge on any atom is -0.423 e. The third-order valence-electron chi connectivity index (χ3n) is 6.94. The second kappa shape index (κ2) is 9.01. The highest BCUT2D eigenvalue weighted by atomic mass is 19.1. The van der Waals surface area contributed by atoms with Gasteiger partial charge in [-0.25, -0.2) is 13.6 Å². The van der Waals surface area contributed by atoms with Crippen molar-refractivity contribution in [2.45, 2.75) is 44.4 Å². The standard InChI is InChI=1S/C26H25F2NO2/c1-2-16-3-4-21-12-20(10-9-19(21)11-16)17-5-7-18(8-6-17)26(30)31-22-13-24(27)23(15-29)25(28)14-22/h2,5-8,13-14,16,19-21H,1,3-4,9-12H2. The lowest BCUT2D eigenvalue weighted by atomic mass is 9.64. The molecule has 3 nitrogen and oxygen atoms in total. The van der Waals surface area contributed by atoms with Crippen molar-refractivity contribution in [1.29, 1.82) is 5.26 Å². The number of carbonyl (C=O) groups excluding carboxylic acids is 1. The Kier molecular flexibility index (Phi) is 6.18. The highest BCUT2D eigenvalue weighted by Crippen LogP contribution is 2.47. The number of fused-ring (bicyclic) bond motifs is 1. The van der Waals surface area contributed by atoms with E-state index in [-0.39, 0.29) is 5.75 Å². The van der Waals surface area contributed by atoms with Gasteiger partial charge in [-0.3, -0.25) is 0 Å². The van der Waals surface area contributed by atoms with E-state index < -0.39 is 23.2 Å². The predicted molar refractivity (Wildman–Crippen MR) is 114 cm³/mol. The number of ether oxygens (including phenoxy) is 1. The van der Waals surface area contributed by atoms with Crippen LogP contribution in [0.2, 0.25) is 0 Å². The lowest BCUT2D eigenvalue weighted by Gasteiger charge is -2.41. The molecule has 2 aliphatic rings. The summed E-state index contributed by atoms with van der Waals surface area (Å²) in [5.41, 5.74) is 0.835. The molecule has 4 rings (SSSR count). The van der Waals surface area contributed by atoms with E-state index in [1.165, 1.54) is 43.7 Å². The van der Waals surface area contributed by atoms with Crippen molar-refractivity contribution in [2.24, 2.45) is 17.8 Å². The van der Waals surface area contributed by atoms with Crippen LogP contribution in [0.25, 0.3) is 0 Å². The fourth-order valence-corrected chi connectivity index (χ4v) is 5.22. The van der Waals surface area contributed by atoms with Crippen molar-refractivity contribution < 1.29 is 18.3 Å². The molecule has 0 aliphatic heterocycles. The summed E-state index contributed by atoms with van der Waals surface area (Å²) in [5, 5.41) is 8.73. The van der Waals surface area contributed by atoms with Crippen molar-refractivity contribution in [3.05, 3.63) is 77.4 Å². The first kappa shape index (κ1) is 21.2. The Morgan fingerprint density at radius 1 is 1.03 bits per heavy atom. The SMILES string of the molecule is C=CC1CCC2CC(c3ccc(C(=O)Oc4cc(F)c(C#N)c(F)c4)cc3)CCC2C1. The molecular weight excluding hydrogens is 396 g/mol. The van der Waals surface area contributed by atoms with Gasteiger partial charge in [0.15, 0.2) is 0 Å². The molecule has 2 aliphatic carbocycles. The number of carbonyl (C=O) groups is 1. The second-order valence-corrected chi connectivity index (χ2v) is 8.72. The molecule has 0 saturated heterocycles. The Hall–Kier alpha value is -3.00. The molecule has 0 bridgehead atoms. The zero-order chi connectivity index (χ0) is 22.0. The summed E-state index contributed by atoms with van der Waals surface area (Å²) < 4.78 is 32.6. The van der Waals surface area contributed by atoms with Crippen LogP contribution in [0, 0.1) is 40.7 Å². The van der Waals surface area contributed by atoms with Gasteiger partial charge in [0.25, 0.3) is 0 Å². The maximum atomic E-state index is 13.7. The fourth-order valence-electron chi connectivity index (χ4n) is 5.22. The Balaban J connectivity index is 1.40. The normalized spacial score (nSPS) is 25.2. The Bertz CT molecular complexity index is 1000. The molecule has 0 N–H and O–H groups in total. The summed E-state index contributed by atoms with van der Waals surface area (Å²) in [6.45, 7) is 3.96. The van der Waals surface area contributed by atoms with Gasteiger partial charge in [0, 0.05) is 12.1 Å². The van der Waals surface area contributed by atoms with Crippen LogP contribution in [0.1, 0.15) is 65.9 Å². The monoisotopic (exact) mass is 421 g/mol. The zero-order valence-electron chi connectivity index (χ0n) is 17.3. The summed E-state index contributed by atoms with van der Waals surface area (Å²) in [4.78, 5) is 12.4. The summed E-state index contributed by atoms with van der Waals surface area (Å²) in [7, 11) is 0. The minimum atomic E-state index is -1.06. The van der Waals surface area contributed by atoms with Crippen LogP contribution in [0.3, 0.4) is 0 Å². The van der Waals surface area contributed by atoms with Crippen molar-refractivity contribution in [3.8, 4) is 11.8 Å². The zero-order valence-corrected chi connectivity index (χ0v) is 17.3. The molecule has 0 spiro atoms. The number of nitriles is 1. The third kappa shape index (κ3) is 4.54. The average molecular weight is 421 g/mol. The maximum Gasteiger partial charge on any atom is 0.343 e. The van der Waals surface area contributed by atoms with Gasteiger partial charge in [-0.05, 0) is 79.9 Å². The lowest BCUT2D eigenvalue weighted by molar-refractivity contribution is 0.0734. The van der Waals surface area contributed by atoms with Crippen LogP contribution < -0.4 is 4.74 Å². The van der Waals surface area contributed by atoms with Crippen LogP contribution >= 0.6 is 0 Å². The van der Waals surface area contributed by atoms with Gasteiger partial charge >= 0.3 is 5.97 Å². The average Bonchev–Trinajstić information content (AvgIpc) is 2.78. The van der Waals surface area contributed by atoms with E-state index in [0.29, 0.717) is 17.4 Å². The van der Waals surface area contributed by atoms with Crippen molar-refractivity contribution >= 4 is 5.97 Å². The summed E-state index contributed by atoms with van der Waals surface area (Å²) in [5.74, 6) is -0.347. The molecule has 4 atom stereocenters. The second-order valence-electron chi connectivity index (χ2n) is 8.72. The van der Waals surface area contributed by atoms with Crippen molar-refractivity contribution in [3.63, 3.8) is 0 Å². The lowest BCUT2D eigenvalue weighted by Crippen LogP contribution is -2.29. The Labute approximate surface area is 181 Å². The number of hydrogen-bond acceptors (Lipinski definition) is 3. The third-order valence-corrected chi connectivity index (χ3v) is 6.94. The number of esters is 1. The van der Waals surface area contributed by atoms with E-state index in [4.69, 9.17) is 10.00 Å². The summed E-state index contributed by atoms with van der Waals surface area (Å²) in [6, 6.07) is 10.4. The molecule has 0 radical (unpaired) electrons. The summed E-state index contributed by atoms with van der Waals surface area (Å²) in [6.07, 6.45) is 9.45. The molecule has 0 amide bonds. The first-order valence-electron chi connectivity index (χ1n) is 10.8. The van der Waals surface area contributed by atoms with E-state index in [9.17, 15) is 13.6 Å². The summed E-state index contributed by atoms with van der Waals surface area (Å²) >= 11 is 0. The predicted octanol–water partition coefficient (Wildman–Crippen LogP) is 6.54. The Morgan fingerprint density at radius 3 is 2.32 bits per heavy atom. The topological polar surface area (TPSA) is 50.1 Å². The molecule has 31 heavy (non-hydrogen) atoms. The van der Waals surface area contributed by atoms with Gasteiger partial charge < -0.3 is 4.74 Å². The highest BCUT2D eigenvalue weighted by molar-refractivity contribution is 5.91. The van der Waals surface area contributed by atoms with Crippen LogP contribution in [-0.4, -0.2) is 5.97 Å². The van der Waals surface area contributed by atoms with Gasteiger partial charge in [0.1, 0.15) is 29.0 Å². The number of nitrogens with zero attached hydrogens (tertiary/aromatic N) is 1. The molecule has 0 aromatic heterocycles. The van der Waals surface area contributed by atoms with E-state index in [2.05, 4.69) is 12.7 Å². The molecule has 2 aromatic carbocycles. The molecule has 160 valence electrons. The first-order chi connectivity index (χ1) is 15.0. The van der Waals surface area contributed by atoms with E-state index >= 15 is 0 Å². The number of benzene rings is 2. The van der Waals surface area contributed by atoms with E-state index in [1.807, 2.05) is 12.1 Å². The maximum absolute atomic E-state index is 13.7. The van der Waals surface area contributed by atoms with E-state index in [0.717, 1.165) is 30.4 Å². The van der Waals surface area contributed by atoms with Gasteiger partial charge in [0.2, 0.25) is 0 Å². The van der Waals surface area contributed by atoms with Crippen LogP contribution in [-0.2, 0) is 0 Å². The first-order valence-corrected chi connectivity index (χ1v) is 10.8. The van der Waals surface area contributed by atoms with E-state index in [1.54, 1.807) is 12.1 Å². The number of hydrogen-bond donors (Lipinski definition) is 0. The largest absolute Gasteiger partial charge is 0.423 e. The minimum absolute atomic E-state index is 0.267. The smallest absolute Gasteiger partial charge is 0.343 e. The molecule has 2 aromatic rings. The fraction of sp³-hybridized carbons (Fsp3) is 0.385. The van der Waals surface area contributed by atoms with Gasteiger partial charge in [0.05, 0.1) is 5.56 Å². The molecule has 4 unspecified atom stereocenters. The number of halogens is 2. The van der Waals surface area contributed by atoms with Gasteiger partial charge in [-0.1, -0.05) is 18.2 Å². The van der Waals surface area contributed by atoms with Crippen LogP contribution in [0.4, 0.5) is 8.78 Å². The van der Waals surface area contributed by atoms with Gasteiger partial charge in [-0.2, -0.15) is 5.26 Å². The highest BCUT2D eigenvalue weighted by Gasteiger charge is 2.35. The van der Waals surface area contributed by atoms with Crippen molar-refractivity contribution in [1.82, 2.24) is 0 Å². The van der Waals surface area contributed by atoms with Crippen LogP contribution in [0.5, 0.6) is 5.75 Å². The molecule has 2 fully saturated rings.